The van der Waals surface area contributed by atoms with Crippen molar-refractivity contribution in [1.29, 1.82) is 0 Å². The fourth-order valence-corrected chi connectivity index (χ4v) is 1.63. The second-order valence-corrected chi connectivity index (χ2v) is 4.18. The van der Waals surface area contributed by atoms with E-state index < -0.39 is 0 Å². The van der Waals surface area contributed by atoms with Gasteiger partial charge in [0.15, 0.2) is 5.78 Å². The van der Waals surface area contributed by atoms with Gasteiger partial charge in [-0.25, -0.2) is 4.98 Å². The third-order valence-electron chi connectivity index (χ3n) is 2.76. The van der Waals surface area contributed by atoms with Crippen molar-refractivity contribution in [3.63, 3.8) is 0 Å². The molecule has 0 saturated carbocycles. The Morgan fingerprint density at radius 3 is 2.20 bits per heavy atom. The van der Waals surface area contributed by atoms with Crippen LogP contribution >= 0.6 is 0 Å². The first-order valence-corrected chi connectivity index (χ1v) is 6.02. The number of ether oxygens (including phenoxy) is 1. The molecule has 1 N–H and O–H groups in total. The summed E-state index contributed by atoms with van der Waals surface area (Å²) < 4.78 is 4.93. The zero-order chi connectivity index (χ0) is 14.5. The fourth-order valence-electron chi connectivity index (χ4n) is 1.63. The number of hydrogen-bond donors (Lipinski definition) is 1. The van der Waals surface area contributed by atoms with Gasteiger partial charge in [-0.2, -0.15) is 0 Å². The highest BCUT2D eigenvalue weighted by molar-refractivity contribution is 6.04. The summed E-state index contributed by atoms with van der Waals surface area (Å²) in [6, 6.07) is 9.96. The number of ketones is 1. The van der Waals surface area contributed by atoms with E-state index in [-0.39, 0.29) is 11.7 Å². The van der Waals surface area contributed by atoms with Gasteiger partial charge in [-0.15, -0.1) is 0 Å². The van der Waals surface area contributed by atoms with E-state index in [0.717, 1.165) is 0 Å². The monoisotopic (exact) mass is 270 g/mol. The van der Waals surface area contributed by atoms with Gasteiger partial charge in [0.25, 0.3) is 5.91 Å². The Labute approximate surface area is 116 Å². The standard InChI is InChI=1S/C15H14N2O3/c1-10(18)11-3-6-13(7-4-11)17-15(19)12-5-8-14(20-2)16-9-12/h3-9H,1-2H3,(H,17,19). The van der Waals surface area contributed by atoms with Gasteiger partial charge in [0.05, 0.1) is 12.7 Å². The molecular formula is C15H14N2O3. The molecule has 102 valence electrons. The highest BCUT2D eigenvalue weighted by Gasteiger charge is 2.07. The van der Waals surface area contributed by atoms with Crippen molar-refractivity contribution in [3.05, 3.63) is 53.7 Å². The largest absolute Gasteiger partial charge is 0.481 e. The summed E-state index contributed by atoms with van der Waals surface area (Å²) in [5, 5.41) is 2.73. The second kappa shape index (κ2) is 5.97. The minimum atomic E-state index is -0.268. The van der Waals surface area contributed by atoms with Crippen LogP contribution in [-0.2, 0) is 0 Å². The average molecular weight is 270 g/mol. The number of amides is 1. The molecule has 0 atom stereocenters. The Morgan fingerprint density at radius 1 is 1.05 bits per heavy atom. The summed E-state index contributed by atoms with van der Waals surface area (Å²) in [5.41, 5.74) is 1.66. The number of methoxy groups -OCH3 is 1. The molecule has 0 fully saturated rings. The summed E-state index contributed by atoms with van der Waals surface area (Å²) in [6.45, 7) is 1.50. The summed E-state index contributed by atoms with van der Waals surface area (Å²) in [7, 11) is 1.51. The van der Waals surface area contributed by atoms with E-state index in [1.54, 1.807) is 36.4 Å². The SMILES string of the molecule is COc1ccc(C(=O)Nc2ccc(C(C)=O)cc2)cn1. The van der Waals surface area contributed by atoms with Crippen molar-refractivity contribution in [2.75, 3.05) is 12.4 Å². The van der Waals surface area contributed by atoms with Gasteiger partial charge in [0, 0.05) is 23.5 Å². The Morgan fingerprint density at radius 2 is 1.70 bits per heavy atom. The number of nitrogens with zero attached hydrogens (tertiary/aromatic N) is 1. The van der Waals surface area contributed by atoms with Crippen molar-refractivity contribution < 1.29 is 14.3 Å². The molecule has 0 saturated heterocycles. The molecule has 0 aliphatic carbocycles. The lowest BCUT2D eigenvalue weighted by molar-refractivity contribution is 0.101. The highest BCUT2D eigenvalue weighted by atomic mass is 16.5. The van der Waals surface area contributed by atoms with Crippen molar-refractivity contribution in [3.8, 4) is 5.88 Å². The van der Waals surface area contributed by atoms with Crippen LogP contribution in [0, 0.1) is 0 Å². The molecule has 2 rings (SSSR count). The van der Waals surface area contributed by atoms with E-state index in [9.17, 15) is 9.59 Å². The topological polar surface area (TPSA) is 68.3 Å². The zero-order valence-electron chi connectivity index (χ0n) is 11.2. The number of nitrogens with one attached hydrogen (secondary N) is 1. The van der Waals surface area contributed by atoms with Crippen molar-refractivity contribution >= 4 is 17.4 Å². The molecule has 0 unspecified atom stereocenters. The van der Waals surface area contributed by atoms with Gasteiger partial charge in [-0.05, 0) is 37.3 Å². The van der Waals surface area contributed by atoms with E-state index in [4.69, 9.17) is 4.74 Å². The van der Waals surface area contributed by atoms with Crippen molar-refractivity contribution in [2.24, 2.45) is 0 Å². The normalized spacial score (nSPS) is 9.90. The molecule has 5 heteroatoms. The number of Topliss-reactive ketones (excluding diaryl/α,β-unsaturated/α-hetero) is 1. The number of carbonyl (C=O) groups excluding carboxylic acids is 2. The van der Waals surface area contributed by atoms with Gasteiger partial charge >= 0.3 is 0 Å². The van der Waals surface area contributed by atoms with Crippen LogP contribution in [0.3, 0.4) is 0 Å². The third-order valence-corrected chi connectivity index (χ3v) is 2.76. The summed E-state index contributed by atoms with van der Waals surface area (Å²) in [4.78, 5) is 27.1. The molecule has 1 heterocycles. The van der Waals surface area contributed by atoms with Crippen LogP contribution in [0.15, 0.2) is 42.6 Å². The number of anilines is 1. The van der Waals surface area contributed by atoms with Gasteiger partial charge in [-0.1, -0.05) is 0 Å². The number of hydrogen-bond acceptors (Lipinski definition) is 4. The summed E-state index contributed by atoms with van der Waals surface area (Å²) in [5.74, 6) is 0.172. The molecule has 0 aliphatic heterocycles. The maximum absolute atomic E-state index is 12.0. The number of aromatic nitrogens is 1. The fraction of sp³-hybridized carbons (Fsp3) is 0.133. The van der Waals surface area contributed by atoms with E-state index in [0.29, 0.717) is 22.7 Å². The maximum Gasteiger partial charge on any atom is 0.257 e. The molecule has 0 spiro atoms. The number of benzene rings is 1. The minimum absolute atomic E-state index is 0.0118. The van der Waals surface area contributed by atoms with Gasteiger partial charge in [0.2, 0.25) is 5.88 Å². The summed E-state index contributed by atoms with van der Waals surface area (Å²) >= 11 is 0. The van der Waals surface area contributed by atoms with Gasteiger partial charge in [0.1, 0.15) is 0 Å². The van der Waals surface area contributed by atoms with Crippen LogP contribution in [0.1, 0.15) is 27.6 Å². The van der Waals surface area contributed by atoms with E-state index in [1.165, 1.54) is 20.2 Å². The van der Waals surface area contributed by atoms with Crippen molar-refractivity contribution in [2.45, 2.75) is 6.92 Å². The molecule has 20 heavy (non-hydrogen) atoms. The van der Waals surface area contributed by atoms with E-state index >= 15 is 0 Å². The Kier molecular flexibility index (Phi) is 4.10. The van der Waals surface area contributed by atoms with E-state index in [2.05, 4.69) is 10.3 Å². The second-order valence-electron chi connectivity index (χ2n) is 4.18. The third kappa shape index (κ3) is 3.20. The van der Waals surface area contributed by atoms with Crippen LogP contribution in [0.25, 0.3) is 0 Å². The molecule has 1 amide bonds. The Balaban J connectivity index is 2.08. The van der Waals surface area contributed by atoms with Gasteiger partial charge in [-0.3, -0.25) is 9.59 Å². The number of carbonyl (C=O) groups is 2. The van der Waals surface area contributed by atoms with Crippen LogP contribution in [0.4, 0.5) is 5.69 Å². The smallest absolute Gasteiger partial charge is 0.257 e. The van der Waals surface area contributed by atoms with Gasteiger partial charge < -0.3 is 10.1 Å². The van der Waals surface area contributed by atoms with Crippen molar-refractivity contribution in [1.82, 2.24) is 4.98 Å². The predicted molar refractivity (Wildman–Crippen MR) is 75.2 cm³/mol. The molecule has 1 aromatic carbocycles. The first-order valence-electron chi connectivity index (χ1n) is 6.02. The first-order chi connectivity index (χ1) is 9.60. The lowest BCUT2D eigenvalue weighted by Gasteiger charge is -2.06. The quantitative estimate of drug-likeness (QED) is 0.867. The Hall–Kier alpha value is -2.69. The van der Waals surface area contributed by atoms with Crippen LogP contribution < -0.4 is 10.1 Å². The van der Waals surface area contributed by atoms with Crippen LogP contribution in [0.5, 0.6) is 5.88 Å². The molecular weight excluding hydrogens is 256 g/mol. The zero-order valence-corrected chi connectivity index (χ0v) is 11.2. The lowest BCUT2D eigenvalue weighted by Crippen LogP contribution is -2.12. The lowest BCUT2D eigenvalue weighted by atomic mass is 10.1. The molecule has 5 nitrogen and oxygen atoms in total. The average Bonchev–Trinajstić information content (AvgIpc) is 2.48. The molecule has 0 bridgehead atoms. The maximum atomic E-state index is 12.0. The molecule has 0 radical (unpaired) electrons. The van der Waals surface area contributed by atoms with E-state index in [1.807, 2.05) is 0 Å². The van der Waals surface area contributed by atoms with Crippen LogP contribution in [0.2, 0.25) is 0 Å². The molecule has 0 aliphatic rings. The minimum Gasteiger partial charge on any atom is -0.481 e. The number of pyridine rings is 1. The highest BCUT2D eigenvalue weighted by Crippen LogP contribution is 2.13. The number of rotatable bonds is 4. The predicted octanol–water partition coefficient (Wildman–Crippen LogP) is 2.55. The molecule has 1 aromatic heterocycles. The van der Waals surface area contributed by atoms with Crippen LogP contribution in [-0.4, -0.2) is 23.8 Å². The Bertz CT molecular complexity index is 619. The first kappa shape index (κ1) is 13.7. The molecule has 2 aromatic rings. The summed E-state index contributed by atoms with van der Waals surface area (Å²) in [6.07, 6.45) is 1.44.